The maximum absolute atomic E-state index is 5.91. The Morgan fingerprint density at radius 3 is 2.50 bits per heavy atom. The van der Waals surface area contributed by atoms with Gasteiger partial charge in [-0.3, -0.25) is 0 Å². The Morgan fingerprint density at radius 1 is 1.11 bits per heavy atom. The Labute approximate surface area is 111 Å². The number of anilines is 2. The van der Waals surface area contributed by atoms with Gasteiger partial charge in [0, 0.05) is 25.8 Å². The van der Waals surface area contributed by atoms with Crippen molar-refractivity contribution in [2.75, 3.05) is 31.3 Å². The standard InChI is InChI=1S/C15H26N2O/c1-4-5-6-7-8-11-18-15-12-13(17(2)3)9-10-14(15)16/h9-10,12H,4-8,11,16H2,1-3H3. The fourth-order valence-electron chi connectivity index (χ4n) is 1.81. The van der Waals surface area contributed by atoms with Crippen LogP contribution in [0.1, 0.15) is 39.0 Å². The zero-order valence-corrected chi connectivity index (χ0v) is 11.9. The van der Waals surface area contributed by atoms with E-state index in [1.54, 1.807) is 0 Å². The van der Waals surface area contributed by atoms with Gasteiger partial charge in [0.15, 0.2) is 0 Å². The maximum Gasteiger partial charge on any atom is 0.144 e. The number of unbranched alkanes of at least 4 members (excludes halogenated alkanes) is 4. The first-order chi connectivity index (χ1) is 8.65. The van der Waals surface area contributed by atoms with Crippen molar-refractivity contribution in [2.45, 2.75) is 39.0 Å². The van der Waals surface area contributed by atoms with Crippen LogP contribution in [0.15, 0.2) is 18.2 Å². The predicted molar refractivity (Wildman–Crippen MR) is 79.4 cm³/mol. The predicted octanol–water partition coefficient (Wildman–Crippen LogP) is 3.68. The third-order valence-electron chi connectivity index (χ3n) is 3.02. The molecule has 3 heteroatoms. The zero-order chi connectivity index (χ0) is 13.4. The second-order valence-electron chi connectivity index (χ2n) is 4.88. The normalized spacial score (nSPS) is 10.4. The third kappa shape index (κ3) is 4.86. The first kappa shape index (κ1) is 14.7. The van der Waals surface area contributed by atoms with Crippen molar-refractivity contribution >= 4 is 11.4 Å². The van der Waals surface area contributed by atoms with Gasteiger partial charge in [0.25, 0.3) is 0 Å². The fraction of sp³-hybridized carbons (Fsp3) is 0.600. The molecular weight excluding hydrogens is 224 g/mol. The maximum atomic E-state index is 5.91. The van der Waals surface area contributed by atoms with E-state index in [4.69, 9.17) is 10.5 Å². The lowest BCUT2D eigenvalue weighted by Crippen LogP contribution is -2.09. The molecule has 0 bridgehead atoms. The fourth-order valence-corrected chi connectivity index (χ4v) is 1.81. The van der Waals surface area contributed by atoms with Crippen molar-refractivity contribution in [1.82, 2.24) is 0 Å². The van der Waals surface area contributed by atoms with E-state index in [9.17, 15) is 0 Å². The average Bonchev–Trinajstić information content (AvgIpc) is 2.35. The molecule has 0 aliphatic rings. The van der Waals surface area contributed by atoms with Gasteiger partial charge in [0.2, 0.25) is 0 Å². The molecule has 0 amide bonds. The molecule has 0 spiro atoms. The highest BCUT2D eigenvalue weighted by molar-refractivity contribution is 5.61. The van der Waals surface area contributed by atoms with E-state index in [2.05, 4.69) is 6.92 Å². The Hall–Kier alpha value is -1.38. The van der Waals surface area contributed by atoms with Gasteiger partial charge in [0.05, 0.1) is 12.3 Å². The molecule has 0 fully saturated rings. The molecule has 1 rings (SSSR count). The van der Waals surface area contributed by atoms with Crippen LogP contribution < -0.4 is 15.4 Å². The molecule has 1 aromatic carbocycles. The molecule has 0 radical (unpaired) electrons. The Balaban J connectivity index is 2.39. The van der Waals surface area contributed by atoms with E-state index in [-0.39, 0.29) is 0 Å². The van der Waals surface area contributed by atoms with Crippen LogP contribution in [-0.2, 0) is 0 Å². The topological polar surface area (TPSA) is 38.5 Å². The number of ether oxygens (including phenoxy) is 1. The van der Waals surface area contributed by atoms with Crippen molar-refractivity contribution in [3.63, 3.8) is 0 Å². The van der Waals surface area contributed by atoms with Gasteiger partial charge in [-0.05, 0) is 18.6 Å². The van der Waals surface area contributed by atoms with Crippen LogP contribution in [0.5, 0.6) is 5.75 Å². The summed E-state index contributed by atoms with van der Waals surface area (Å²) in [5.74, 6) is 0.802. The first-order valence-corrected chi connectivity index (χ1v) is 6.84. The van der Waals surface area contributed by atoms with Gasteiger partial charge in [-0.1, -0.05) is 32.6 Å². The van der Waals surface area contributed by atoms with Crippen molar-refractivity contribution < 1.29 is 4.74 Å². The number of rotatable bonds is 8. The summed E-state index contributed by atoms with van der Waals surface area (Å²) in [7, 11) is 4.03. The molecule has 0 aliphatic heterocycles. The van der Waals surface area contributed by atoms with Crippen molar-refractivity contribution in [3.8, 4) is 5.75 Å². The highest BCUT2D eigenvalue weighted by Crippen LogP contribution is 2.27. The molecule has 18 heavy (non-hydrogen) atoms. The summed E-state index contributed by atoms with van der Waals surface area (Å²) >= 11 is 0. The number of hydrogen-bond acceptors (Lipinski definition) is 3. The van der Waals surface area contributed by atoms with Crippen LogP contribution in [0.25, 0.3) is 0 Å². The van der Waals surface area contributed by atoms with Crippen LogP contribution in [-0.4, -0.2) is 20.7 Å². The Morgan fingerprint density at radius 2 is 1.83 bits per heavy atom. The number of nitrogens with two attached hydrogens (primary N) is 1. The Bertz CT molecular complexity index is 350. The van der Waals surface area contributed by atoms with Crippen LogP contribution in [0.2, 0.25) is 0 Å². The molecular formula is C15H26N2O. The van der Waals surface area contributed by atoms with E-state index >= 15 is 0 Å². The summed E-state index contributed by atoms with van der Waals surface area (Å²) in [6.45, 7) is 2.98. The van der Waals surface area contributed by atoms with Gasteiger partial charge < -0.3 is 15.4 Å². The molecule has 0 atom stereocenters. The van der Waals surface area contributed by atoms with E-state index in [0.717, 1.165) is 24.5 Å². The van der Waals surface area contributed by atoms with Gasteiger partial charge in [-0.15, -0.1) is 0 Å². The van der Waals surface area contributed by atoms with Gasteiger partial charge in [-0.2, -0.15) is 0 Å². The number of benzene rings is 1. The molecule has 2 N–H and O–H groups in total. The molecule has 0 heterocycles. The second-order valence-corrected chi connectivity index (χ2v) is 4.88. The minimum absolute atomic E-state index is 0.717. The highest BCUT2D eigenvalue weighted by atomic mass is 16.5. The molecule has 0 saturated carbocycles. The smallest absolute Gasteiger partial charge is 0.144 e. The van der Waals surface area contributed by atoms with Crippen LogP contribution in [0, 0.1) is 0 Å². The van der Waals surface area contributed by atoms with Crippen molar-refractivity contribution in [2.24, 2.45) is 0 Å². The third-order valence-corrected chi connectivity index (χ3v) is 3.02. The molecule has 0 aromatic heterocycles. The highest BCUT2D eigenvalue weighted by Gasteiger charge is 2.03. The van der Waals surface area contributed by atoms with Gasteiger partial charge in [-0.25, -0.2) is 0 Å². The lowest BCUT2D eigenvalue weighted by molar-refractivity contribution is 0.306. The quantitative estimate of drug-likeness (QED) is 0.565. The number of hydrogen-bond donors (Lipinski definition) is 1. The van der Waals surface area contributed by atoms with E-state index in [1.165, 1.54) is 25.7 Å². The summed E-state index contributed by atoms with van der Waals surface area (Å²) in [4.78, 5) is 2.05. The summed E-state index contributed by atoms with van der Waals surface area (Å²) in [6.07, 6.45) is 6.23. The van der Waals surface area contributed by atoms with Crippen LogP contribution in [0.4, 0.5) is 11.4 Å². The van der Waals surface area contributed by atoms with Crippen molar-refractivity contribution in [3.05, 3.63) is 18.2 Å². The second kappa shape index (κ2) is 7.85. The van der Waals surface area contributed by atoms with Crippen LogP contribution in [0.3, 0.4) is 0 Å². The molecule has 0 aliphatic carbocycles. The summed E-state index contributed by atoms with van der Waals surface area (Å²) in [6, 6.07) is 5.91. The van der Waals surface area contributed by atoms with E-state index < -0.39 is 0 Å². The summed E-state index contributed by atoms with van der Waals surface area (Å²) < 4.78 is 5.76. The lowest BCUT2D eigenvalue weighted by Gasteiger charge is -2.15. The van der Waals surface area contributed by atoms with Crippen LogP contribution >= 0.6 is 0 Å². The monoisotopic (exact) mass is 250 g/mol. The summed E-state index contributed by atoms with van der Waals surface area (Å²) in [5.41, 5.74) is 7.74. The van der Waals surface area contributed by atoms with E-state index in [0.29, 0.717) is 5.69 Å². The molecule has 3 nitrogen and oxygen atoms in total. The average molecular weight is 250 g/mol. The molecule has 0 saturated heterocycles. The molecule has 0 unspecified atom stereocenters. The number of nitrogen functional groups attached to an aromatic ring is 1. The molecule has 1 aromatic rings. The van der Waals surface area contributed by atoms with Gasteiger partial charge in [0.1, 0.15) is 5.75 Å². The first-order valence-electron chi connectivity index (χ1n) is 6.84. The largest absolute Gasteiger partial charge is 0.491 e. The minimum atomic E-state index is 0.717. The summed E-state index contributed by atoms with van der Waals surface area (Å²) in [5, 5.41) is 0. The zero-order valence-electron chi connectivity index (χ0n) is 11.9. The lowest BCUT2D eigenvalue weighted by atomic mass is 10.2. The van der Waals surface area contributed by atoms with Gasteiger partial charge >= 0.3 is 0 Å². The Kier molecular flexibility index (Phi) is 6.40. The number of nitrogens with zero attached hydrogens (tertiary/aromatic N) is 1. The SMILES string of the molecule is CCCCCCCOc1cc(N(C)C)ccc1N. The molecule has 102 valence electrons. The van der Waals surface area contributed by atoms with Crippen molar-refractivity contribution in [1.29, 1.82) is 0 Å². The minimum Gasteiger partial charge on any atom is -0.491 e. The van der Waals surface area contributed by atoms with E-state index in [1.807, 2.05) is 37.2 Å².